The van der Waals surface area contributed by atoms with Gasteiger partial charge < -0.3 is 19.8 Å². The summed E-state index contributed by atoms with van der Waals surface area (Å²) >= 11 is 1.30. The number of carbonyl (C=O) groups is 1. The zero-order valence-electron chi connectivity index (χ0n) is 20.2. The van der Waals surface area contributed by atoms with E-state index in [0.29, 0.717) is 17.5 Å². The summed E-state index contributed by atoms with van der Waals surface area (Å²) in [5.41, 5.74) is 0.803. The number of fused-ring (bicyclic) bond motifs is 1. The van der Waals surface area contributed by atoms with Gasteiger partial charge in [0.1, 0.15) is 11.5 Å². The number of hydrogen-bond donors (Lipinski definition) is 2. The Bertz CT molecular complexity index is 1250. The van der Waals surface area contributed by atoms with Crippen LogP contribution in [0.5, 0.6) is 11.5 Å². The Morgan fingerprint density at radius 2 is 1.89 bits per heavy atom. The number of benzene rings is 2. The van der Waals surface area contributed by atoms with E-state index in [1.54, 1.807) is 6.92 Å². The average Bonchev–Trinajstić information content (AvgIpc) is 3.17. The predicted octanol–water partition coefficient (Wildman–Crippen LogP) is 6.72. The maximum absolute atomic E-state index is 13.2. The van der Waals surface area contributed by atoms with Gasteiger partial charge in [-0.15, -0.1) is 11.3 Å². The number of phenolic OH excluding ortho intramolecular Hbond substituents is 1. The summed E-state index contributed by atoms with van der Waals surface area (Å²) in [5.74, 6) is -0.493. The van der Waals surface area contributed by atoms with Gasteiger partial charge in [0.15, 0.2) is 6.10 Å². The number of oxime groups is 1. The van der Waals surface area contributed by atoms with Gasteiger partial charge in [-0.3, -0.25) is 0 Å². The molecule has 6 nitrogen and oxygen atoms in total. The van der Waals surface area contributed by atoms with E-state index in [4.69, 9.17) is 9.47 Å². The number of esters is 1. The normalized spacial score (nSPS) is 13.1. The molecule has 0 bridgehead atoms. The smallest absolute Gasteiger partial charge is 0.416 e. The van der Waals surface area contributed by atoms with Crippen LogP contribution in [0.3, 0.4) is 0 Å². The van der Waals surface area contributed by atoms with Crippen LogP contribution in [-0.2, 0) is 28.5 Å². The van der Waals surface area contributed by atoms with Crippen molar-refractivity contribution < 1.29 is 37.8 Å². The molecule has 3 rings (SSSR count). The van der Waals surface area contributed by atoms with Crippen molar-refractivity contribution in [1.82, 2.24) is 0 Å². The molecule has 0 saturated heterocycles. The van der Waals surface area contributed by atoms with Gasteiger partial charge in [-0.05, 0) is 68.3 Å². The molecule has 0 aliphatic carbocycles. The van der Waals surface area contributed by atoms with Crippen molar-refractivity contribution in [3.63, 3.8) is 0 Å². The van der Waals surface area contributed by atoms with Crippen LogP contribution in [0.25, 0.3) is 10.1 Å². The molecule has 36 heavy (non-hydrogen) atoms. The molecule has 0 radical (unpaired) electrons. The van der Waals surface area contributed by atoms with E-state index < -0.39 is 23.8 Å². The topological polar surface area (TPSA) is 88.4 Å². The Morgan fingerprint density at radius 3 is 2.50 bits per heavy atom. The summed E-state index contributed by atoms with van der Waals surface area (Å²) in [6, 6.07) is 8.17. The minimum atomic E-state index is -4.42. The third-order valence-corrected chi connectivity index (χ3v) is 6.88. The number of phenols is 1. The fourth-order valence-corrected chi connectivity index (χ4v) is 5.21. The Labute approximate surface area is 211 Å². The molecule has 1 heterocycles. The molecular weight excluding hydrogens is 495 g/mol. The van der Waals surface area contributed by atoms with Crippen molar-refractivity contribution in [1.29, 1.82) is 0 Å². The van der Waals surface area contributed by atoms with Crippen molar-refractivity contribution >= 4 is 33.1 Å². The van der Waals surface area contributed by atoms with Crippen molar-refractivity contribution in [3.8, 4) is 11.5 Å². The summed E-state index contributed by atoms with van der Waals surface area (Å²) in [6.45, 7) is 5.43. The lowest BCUT2D eigenvalue weighted by Crippen LogP contribution is -2.26. The van der Waals surface area contributed by atoms with E-state index in [2.05, 4.69) is 5.16 Å². The predicted molar refractivity (Wildman–Crippen MR) is 132 cm³/mol. The van der Waals surface area contributed by atoms with Gasteiger partial charge in [-0.25, -0.2) is 4.79 Å². The van der Waals surface area contributed by atoms with Crippen molar-refractivity contribution in [2.75, 3.05) is 6.61 Å². The quantitative estimate of drug-likeness (QED) is 0.133. The summed E-state index contributed by atoms with van der Waals surface area (Å²) in [7, 11) is 0. The molecule has 0 amide bonds. The highest BCUT2D eigenvalue weighted by Gasteiger charge is 2.31. The highest BCUT2D eigenvalue weighted by Crippen LogP contribution is 2.38. The minimum absolute atomic E-state index is 0.198. The number of ether oxygens (including phenoxy) is 2. The first-order valence-corrected chi connectivity index (χ1v) is 12.4. The van der Waals surface area contributed by atoms with E-state index >= 15 is 0 Å². The number of aromatic hydroxyl groups is 1. The molecule has 0 aliphatic rings. The summed E-state index contributed by atoms with van der Waals surface area (Å²) in [5, 5.41) is 24.3. The maximum Gasteiger partial charge on any atom is 0.416 e. The van der Waals surface area contributed by atoms with Gasteiger partial charge in [0.25, 0.3) is 0 Å². The van der Waals surface area contributed by atoms with Crippen LogP contribution in [0.15, 0.2) is 41.6 Å². The van der Waals surface area contributed by atoms with Crippen LogP contribution in [0.4, 0.5) is 13.2 Å². The molecule has 2 aromatic carbocycles. The molecular formula is C26H28F3NO5S. The molecule has 1 aromatic heterocycles. The SMILES string of the molecule is CCCc1c(CCC(=NO)c2ccc(OC(C)C(=O)OCC)cc2O)sc2cc(C(F)(F)F)ccc12. The molecule has 0 spiro atoms. The molecule has 10 heteroatoms. The Kier molecular flexibility index (Phi) is 8.84. The first-order valence-electron chi connectivity index (χ1n) is 11.6. The van der Waals surface area contributed by atoms with Gasteiger partial charge in [0.05, 0.1) is 17.9 Å². The van der Waals surface area contributed by atoms with Gasteiger partial charge in [-0.2, -0.15) is 13.2 Å². The number of aryl methyl sites for hydroxylation is 2. The van der Waals surface area contributed by atoms with Crippen molar-refractivity contribution in [2.45, 2.75) is 58.7 Å². The molecule has 0 saturated carbocycles. The number of rotatable bonds is 10. The zero-order chi connectivity index (χ0) is 26.5. The average molecular weight is 524 g/mol. The lowest BCUT2D eigenvalue weighted by molar-refractivity contribution is -0.150. The molecule has 0 aliphatic heterocycles. The van der Waals surface area contributed by atoms with Crippen LogP contribution in [0.1, 0.15) is 55.2 Å². The second-order valence-electron chi connectivity index (χ2n) is 8.20. The van der Waals surface area contributed by atoms with Gasteiger partial charge >= 0.3 is 12.1 Å². The fourth-order valence-electron chi connectivity index (χ4n) is 3.91. The van der Waals surface area contributed by atoms with E-state index in [0.717, 1.165) is 28.3 Å². The molecule has 1 unspecified atom stereocenters. The van der Waals surface area contributed by atoms with Crippen molar-refractivity contribution in [3.05, 3.63) is 58.0 Å². The van der Waals surface area contributed by atoms with E-state index in [9.17, 15) is 28.3 Å². The molecule has 1 atom stereocenters. The lowest BCUT2D eigenvalue weighted by Gasteiger charge is -2.14. The second-order valence-corrected chi connectivity index (χ2v) is 9.34. The number of halogens is 3. The second kappa shape index (κ2) is 11.6. The molecule has 3 aromatic rings. The van der Waals surface area contributed by atoms with E-state index in [-0.39, 0.29) is 35.8 Å². The number of alkyl halides is 3. The Balaban J connectivity index is 1.80. The van der Waals surface area contributed by atoms with E-state index in [1.165, 1.54) is 48.6 Å². The lowest BCUT2D eigenvalue weighted by atomic mass is 9.99. The van der Waals surface area contributed by atoms with Crippen LogP contribution in [0.2, 0.25) is 0 Å². The van der Waals surface area contributed by atoms with Gasteiger partial charge in [-0.1, -0.05) is 24.6 Å². The summed E-state index contributed by atoms with van der Waals surface area (Å²) in [6.07, 6.45) is -3.08. The Hall–Kier alpha value is -3.27. The molecule has 2 N–H and O–H groups in total. The van der Waals surface area contributed by atoms with Crippen LogP contribution in [-0.4, -0.2) is 34.7 Å². The molecule has 0 fully saturated rings. The van der Waals surface area contributed by atoms with Crippen LogP contribution < -0.4 is 4.74 Å². The minimum Gasteiger partial charge on any atom is -0.507 e. The first-order chi connectivity index (χ1) is 17.1. The standard InChI is InChI=1S/C26H28F3NO5S/c1-4-6-18-19-9-7-16(26(27,28)29)13-24(19)36-23(18)12-11-21(30-33)20-10-8-17(14-22(20)31)35-15(3)25(32)34-5-2/h7-10,13-15,31,33H,4-6,11-12H2,1-3H3. The summed E-state index contributed by atoms with van der Waals surface area (Å²) in [4.78, 5) is 12.7. The number of hydrogen-bond acceptors (Lipinski definition) is 7. The highest BCUT2D eigenvalue weighted by molar-refractivity contribution is 7.19. The third-order valence-electron chi connectivity index (χ3n) is 5.62. The van der Waals surface area contributed by atoms with E-state index in [1.807, 2.05) is 6.92 Å². The number of thiophene rings is 1. The van der Waals surface area contributed by atoms with Crippen LogP contribution in [0, 0.1) is 0 Å². The molecule has 194 valence electrons. The van der Waals surface area contributed by atoms with Gasteiger partial charge in [0, 0.05) is 21.2 Å². The van der Waals surface area contributed by atoms with Gasteiger partial charge in [0.2, 0.25) is 0 Å². The zero-order valence-corrected chi connectivity index (χ0v) is 21.0. The first kappa shape index (κ1) is 27.3. The third kappa shape index (κ3) is 6.29. The largest absolute Gasteiger partial charge is 0.507 e. The Morgan fingerprint density at radius 1 is 1.14 bits per heavy atom. The maximum atomic E-state index is 13.2. The number of nitrogens with zero attached hydrogens (tertiary/aromatic N) is 1. The highest BCUT2D eigenvalue weighted by atomic mass is 32.1. The monoisotopic (exact) mass is 523 g/mol. The van der Waals surface area contributed by atoms with Crippen molar-refractivity contribution in [2.24, 2.45) is 5.16 Å². The van der Waals surface area contributed by atoms with Crippen LogP contribution >= 0.6 is 11.3 Å². The number of carbonyl (C=O) groups excluding carboxylic acids is 1. The summed E-state index contributed by atoms with van der Waals surface area (Å²) < 4.78 is 50.5. The fraction of sp³-hybridized carbons (Fsp3) is 0.385.